The first-order valence-electron chi connectivity index (χ1n) is 6.62. The third-order valence-corrected chi connectivity index (χ3v) is 3.60. The van der Waals surface area contributed by atoms with Crippen LogP contribution in [0.25, 0.3) is 5.65 Å². The number of rotatable bonds is 3. The van der Waals surface area contributed by atoms with Crippen LogP contribution in [0, 0.1) is 0 Å². The molecule has 0 bridgehead atoms. The Morgan fingerprint density at radius 2 is 1.91 bits per heavy atom. The highest BCUT2D eigenvalue weighted by molar-refractivity contribution is 5.96. The van der Waals surface area contributed by atoms with Gasteiger partial charge in [-0.3, -0.25) is 4.79 Å². The van der Waals surface area contributed by atoms with Gasteiger partial charge in [0.25, 0.3) is 5.91 Å². The van der Waals surface area contributed by atoms with Gasteiger partial charge in [0.2, 0.25) is 0 Å². The van der Waals surface area contributed by atoms with Crippen LogP contribution >= 0.6 is 0 Å². The van der Waals surface area contributed by atoms with Crippen molar-refractivity contribution in [2.75, 3.05) is 0 Å². The fraction of sp³-hybridized carbons (Fsp3) is 0.214. The van der Waals surface area contributed by atoms with Crippen LogP contribution in [0.1, 0.15) is 29.9 Å². The topological polar surface area (TPSA) is 108 Å². The molecule has 0 saturated heterocycles. The maximum absolute atomic E-state index is 12.6. The Hall–Kier alpha value is -3.03. The van der Waals surface area contributed by atoms with Crippen LogP contribution in [0.4, 0.5) is 0 Å². The lowest BCUT2D eigenvalue weighted by Gasteiger charge is -2.25. The lowest BCUT2D eigenvalue weighted by Crippen LogP contribution is -2.42. The molecule has 2 aromatic heterocycles. The second-order valence-electron chi connectivity index (χ2n) is 5.36. The second-order valence-corrected chi connectivity index (χ2v) is 5.36. The van der Waals surface area contributed by atoms with Crippen LogP contribution in [-0.4, -0.2) is 30.3 Å². The van der Waals surface area contributed by atoms with Crippen LogP contribution in [0.3, 0.4) is 0 Å². The van der Waals surface area contributed by atoms with Gasteiger partial charge in [-0.15, -0.1) is 5.10 Å². The van der Waals surface area contributed by atoms with Gasteiger partial charge >= 0.3 is 5.69 Å². The summed E-state index contributed by atoms with van der Waals surface area (Å²) in [7, 11) is 0. The third-order valence-electron chi connectivity index (χ3n) is 3.60. The minimum atomic E-state index is -0.753. The molecule has 112 valence electrons. The van der Waals surface area contributed by atoms with E-state index in [-0.39, 0.29) is 11.3 Å². The number of nitrogens with two attached hydrogens (primary N) is 1. The van der Waals surface area contributed by atoms with Crippen molar-refractivity contribution < 1.29 is 4.79 Å². The molecule has 8 heteroatoms. The molecule has 22 heavy (non-hydrogen) atoms. The highest BCUT2D eigenvalue weighted by Crippen LogP contribution is 2.22. The monoisotopic (exact) mass is 298 g/mol. The van der Waals surface area contributed by atoms with Crippen LogP contribution < -0.4 is 11.4 Å². The number of carbonyl (C=O) groups is 1. The van der Waals surface area contributed by atoms with E-state index in [0.717, 1.165) is 9.96 Å². The maximum Gasteiger partial charge on any atom is 0.353 e. The van der Waals surface area contributed by atoms with Crippen molar-refractivity contribution in [1.82, 2.24) is 24.4 Å². The van der Waals surface area contributed by atoms with Gasteiger partial charge in [0, 0.05) is 0 Å². The lowest BCUT2D eigenvalue weighted by atomic mass is 9.95. The quantitative estimate of drug-likeness (QED) is 0.741. The van der Waals surface area contributed by atoms with Gasteiger partial charge in [-0.25, -0.2) is 14.2 Å². The van der Waals surface area contributed by atoms with Crippen LogP contribution in [0.5, 0.6) is 0 Å². The Balaban J connectivity index is 2.23. The molecule has 0 aliphatic heterocycles. The first-order chi connectivity index (χ1) is 10.4. The minimum absolute atomic E-state index is 0.0533. The number of nitrogens with zero attached hydrogens (tertiary/aromatic N) is 5. The summed E-state index contributed by atoms with van der Waals surface area (Å²) in [5, 5.41) is 7.88. The standard InChI is InChI=1S/C14H14N6O2/c1-14(2,9-6-4-3-5-7-9)20-13(22)19-8-16-10(11(15)21)12(19)17-18-20/h3-8H,1-2H3,(H2,15,21). The van der Waals surface area contributed by atoms with Gasteiger partial charge in [0.05, 0.1) is 5.54 Å². The molecule has 0 radical (unpaired) electrons. The molecule has 2 heterocycles. The molecular weight excluding hydrogens is 284 g/mol. The Labute approximate surface area is 125 Å². The number of fused-ring (bicyclic) bond motifs is 1. The number of hydrogen-bond donors (Lipinski definition) is 1. The molecule has 0 saturated carbocycles. The van der Waals surface area contributed by atoms with E-state index in [2.05, 4.69) is 15.3 Å². The van der Waals surface area contributed by atoms with E-state index >= 15 is 0 Å². The summed E-state index contributed by atoms with van der Waals surface area (Å²) in [4.78, 5) is 27.7. The molecule has 8 nitrogen and oxygen atoms in total. The number of carbonyl (C=O) groups excluding carboxylic acids is 1. The van der Waals surface area contributed by atoms with Crippen LogP contribution in [-0.2, 0) is 5.54 Å². The van der Waals surface area contributed by atoms with E-state index in [1.807, 2.05) is 44.2 Å². The van der Waals surface area contributed by atoms with Gasteiger partial charge in [-0.05, 0) is 19.4 Å². The van der Waals surface area contributed by atoms with Crippen molar-refractivity contribution in [2.24, 2.45) is 5.73 Å². The molecule has 3 rings (SSSR count). The van der Waals surface area contributed by atoms with E-state index in [0.29, 0.717) is 0 Å². The summed E-state index contributed by atoms with van der Waals surface area (Å²) in [6, 6.07) is 9.47. The molecule has 0 aliphatic rings. The van der Waals surface area contributed by atoms with E-state index in [1.54, 1.807) is 0 Å². The van der Waals surface area contributed by atoms with Crippen molar-refractivity contribution in [3.8, 4) is 0 Å². The van der Waals surface area contributed by atoms with Crippen molar-refractivity contribution in [2.45, 2.75) is 19.4 Å². The second kappa shape index (κ2) is 4.76. The molecule has 0 atom stereocenters. The highest BCUT2D eigenvalue weighted by atomic mass is 16.2. The molecule has 0 spiro atoms. The smallest absolute Gasteiger partial charge is 0.353 e. The van der Waals surface area contributed by atoms with Crippen LogP contribution in [0.2, 0.25) is 0 Å². The Bertz CT molecular complexity index is 910. The molecule has 0 aliphatic carbocycles. The number of amides is 1. The largest absolute Gasteiger partial charge is 0.364 e. The predicted molar refractivity (Wildman–Crippen MR) is 78.4 cm³/mol. The fourth-order valence-corrected chi connectivity index (χ4v) is 2.30. The molecule has 0 unspecified atom stereocenters. The third kappa shape index (κ3) is 1.96. The van der Waals surface area contributed by atoms with Gasteiger partial charge < -0.3 is 5.73 Å². The van der Waals surface area contributed by atoms with Gasteiger partial charge in [0.1, 0.15) is 6.33 Å². The molecule has 1 aromatic carbocycles. The van der Waals surface area contributed by atoms with Crippen molar-refractivity contribution in [3.63, 3.8) is 0 Å². The molecular formula is C14H14N6O2. The molecule has 1 amide bonds. The Morgan fingerprint density at radius 3 is 2.55 bits per heavy atom. The zero-order valence-electron chi connectivity index (χ0n) is 12.1. The van der Waals surface area contributed by atoms with Gasteiger partial charge in [-0.1, -0.05) is 35.5 Å². The summed E-state index contributed by atoms with van der Waals surface area (Å²) in [6.07, 6.45) is 1.23. The van der Waals surface area contributed by atoms with Crippen molar-refractivity contribution in [3.05, 3.63) is 58.4 Å². The summed E-state index contributed by atoms with van der Waals surface area (Å²) in [5.41, 5.74) is 4.92. The first kappa shape index (κ1) is 13.9. The summed E-state index contributed by atoms with van der Waals surface area (Å²) >= 11 is 0. The first-order valence-corrected chi connectivity index (χ1v) is 6.62. The fourth-order valence-electron chi connectivity index (χ4n) is 2.30. The normalized spacial score (nSPS) is 11.7. The SMILES string of the molecule is CC(C)(c1ccccc1)n1nnc2c(C(N)=O)ncn2c1=O. The van der Waals surface area contributed by atoms with Gasteiger partial charge in [0.15, 0.2) is 11.3 Å². The molecule has 2 N–H and O–H groups in total. The maximum atomic E-state index is 12.6. The number of benzene rings is 1. The average molecular weight is 298 g/mol. The van der Waals surface area contributed by atoms with E-state index in [4.69, 9.17) is 5.73 Å². The Kier molecular flexibility index (Phi) is 3.01. The summed E-state index contributed by atoms with van der Waals surface area (Å²) in [5.74, 6) is -0.753. The number of primary amides is 1. The van der Waals surface area contributed by atoms with Crippen molar-refractivity contribution in [1.29, 1.82) is 0 Å². The number of imidazole rings is 1. The Morgan fingerprint density at radius 1 is 1.23 bits per heavy atom. The minimum Gasteiger partial charge on any atom is -0.364 e. The number of hydrogen-bond acceptors (Lipinski definition) is 5. The number of aromatic nitrogens is 5. The lowest BCUT2D eigenvalue weighted by molar-refractivity contribution is 0.0997. The zero-order valence-corrected chi connectivity index (χ0v) is 12.1. The van der Waals surface area contributed by atoms with E-state index in [9.17, 15) is 9.59 Å². The average Bonchev–Trinajstić information content (AvgIpc) is 2.93. The zero-order chi connectivity index (χ0) is 15.9. The van der Waals surface area contributed by atoms with Crippen LogP contribution in [0.15, 0.2) is 41.5 Å². The van der Waals surface area contributed by atoms with Crippen molar-refractivity contribution >= 4 is 11.6 Å². The van der Waals surface area contributed by atoms with E-state index < -0.39 is 17.1 Å². The van der Waals surface area contributed by atoms with Gasteiger partial charge in [-0.2, -0.15) is 4.68 Å². The summed E-state index contributed by atoms with van der Waals surface area (Å²) < 4.78 is 2.42. The predicted octanol–water partition coefficient (Wildman–Crippen LogP) is 0.168. The van der Waals surface area contributed by atoms with E-state index in [1.165, 1.54) is 11.0 Å². The highest BCUT2D eigenvalue weighted by Gasteiger charge is 2.27. The molecule has 3 aromatic rings. The summed E-state index contributed by atoms with van der Waals surface area (Å²) in [6.45, 7) is 3.71. The molecule has 0 fully saturated rings.